The van der Waals surface area contributed by atoms with Gasteiger partial charge < -0.3 is 10.2 Å². The van der Waals surface area contributed by atoms with Crippen LogP contribution < -0.4 is 0 Å². The van der Waals surface area contributed by atoms with E-state index in [1.807, 2.05) is 25.1 Å². The number of aromatic hydroxyl groups is 1. The molecular weight excluding hydrogens is 250 g/mol. The van der Waals surface area contributed by atoms with E-state index in [4.69, 9.17) is 4.99 Å². The Bertz CT molecular complexity index is 564. The number of para-hydroxylation sites is 1. The summed E-state index contributed by atoms with van der Waals surface area (Å²) in [5.74, 6) is 0.841. The fraction of sp³-hybridized carbons (Fsp3) is 0.588. The lowest BCUT2D eigenvalue weighted by atomic mass is 9.76. The smallest absolute Gasteiger partial charge is 0.127 e. The molecule has 2 aliphatic rings. The molecule has 0 aromatic heterocycles. The van der Waals surface area contributed by atoms with E-state index in [9.17, 15) is 10.2 Å². The van der Waals surface area contributed by atoms with Crippen LogP contribution in [0.1, 0.15) is 44.2 Å². The van der Waals surface area contributed by atoms with Gasteiger partial charge in [-0.2, -0.15) is 0 Å². The molecule has 0 saturated heterocycles. The summed E-state index contributed by atoms with van der Waals surface area (Å²) in [4.78, 5) is 4.79. The Balaban J connectivity index is 1.98. The highest BCUT2D eigenvalue weighted by Crippen LogP contribution is 2.62. The van der Waals surface area contributed by atoms with E-state index in [1.54, 1.807) is 6.21 Å². The summed E-state index contributed by atoms with van der Waals surface area (Å²) in [6.07, 6.45) is 4.32. The molecule has 3 unspecified atom stereocenters. The van der Waals surface area contributed by atoms with Gasteiger partial charge in [0.1, 0.15) is 5.75 Å². The second-order valence-electron chi connectivity index (χ2n) is 6.90. The van der Waals surface area contributed by atoms with Crippen molar-refractivity contribution in [1.29, 1.82) is 0 Å². The number of hydrogen-bond acceptors (Lipinski definition) is 3. The maximum Gasteiger partial charge on any atom is 0.127 e. The van der Waals surface area contributed by atoms with Crippen molar-refractivity contribution in [3.8, 4) is 5.75 Å². The minimum Gasteiger partial charge on any atom is -0.507 e. The first-order chi connectivity index (χ1) is 9.38. The molecule has 0 spiro atoms. The van der Waals surface area contributed by atoms with Crippen LogP contribution in [0.15, 0.2) is 23.2 Å². The highest BCUT2D eigenvalue weighted by Gasteiger charge is 2.64. The fourth-order valence-corrected chi connectivity index (χ4v) is 4.19. The topological polar surface area (TPSA) is 52.8 Å². The molecule has 2 bridgehead atoms. The van der Waals surface area contributed by atoms with Crippen LogP contribution in [0.4, 0.5) is 0 Å². The van der Waals surface area contributed by atoms with Gasteiger partial charge in [-0.05, 0) is 49.1 Å². The molecule has 3 nitrogen and oxygen atoms in total. The lowest BCUT2D eigenvalue weighted by Gasteiger charge is -2.36. The summed E-state index contributed by atoms with van der Waals surface area (Å²) in [5, 5.41) is 20.5. The molecule has 3 atom stereocenters. The van der Waals surface area contributed by atoms with Gasteiger partial charge in [-0.3, -0.25) is 4.99 Å². The van der Waals surface area contributed by atoms with E-state index in [-0.39, 0.29) is 22.8 Å². The summed E-state index contributed by atoms with van der Waals surface area (Å²) in [5.41, 5.74) is 1.23. The van der Waals surface area contributed by atoms with Crippen LogP contribution in [-0.4, -0.2) is 28.1 Å². The minimum atomic E-state index is -0.381. The van der Waals surface area contributed by atoms with Crippen LogP contribution >= 0.6 is 0 Å². The molecule has 3 heteroatoms. The Morgan fingerprint density at radius 3 is 2.70 bits per heavy atom. The Labute approximate surface area is 120 Å². The van der Waals surface area contributed by atoms with Crippen molar-refractivity contribution in [2.45, 2.75) is 51.7 Å². The van der Waals surface area contributed by atoms with E-state index in [0.717, 1.165) is 30.4 Å². The van der Waals surface area contributed by atoms with E-state index in [0.29, 0.717) is 5.92 Å². The van der Waals surface area contributed by atoms with Crippen LogP contribution in [0.2, 0.25) is 0 Å². The molecule has 2 fully saturated rings. The zero-order valence-corrected chi connectivity index (χ0v) is 12.4. The van der Waals surface area contributed by atoms with E-state index < -0.39 is 0 Å². The maximum absolute atomic E-state index is 10.4. The number of phenolic OH excluding ortho intramolecular Hbond substituents is 1. The second-order valence-corrected chi connectivity index (χ2v) is 6.90. The van der Waals surface area contributed by atoms with E-state index in [2.05, 4.69) is 13.8 Å². The minimum absolute atomic E-state index is 0.0301. The maximum atomic E-state index is 10.4. The molecule has 1 aromatic rings. The van der Waals surface area contributed by atoms with Crippen molar-refractivity contribution in [1.82, 2.24) is 0 Å². The summed E-state index contributed by atoms with van der Waals surface area (Å²) in [6.45, 7) is 6.31. The van der Waals surface area contributed by atoms with Crippen molar-refractivity contribution >= 4 is 6.21 Å². The molecule has 3 rings (SSSR count). The summed E-state index contributed by atoms with van der Waals surface area (Å²) in [7, 11) is 0. The van der Waals surface area contributed by atoms with Gasteiger partial charge in [0.15, 0.2) is 0 Å². The average Bonchev–Trinajstić information content (AvgIpc) is 2.75. The number of aliphatic imine (C=N–C) groups is 1. The van der Waals surface area contributed by atoms with Gasteiger partial charge in [-0.15, -0.1) is 0 Å². The number of aliphatic hydroxyl groups excluding tert-OH is 1. The monoisotopic (exact) mass is 273 g/mol. The molecule has 108 valence electrons. The number of nitrogens with zero attached hydrogens (tertiary/aromatic N) is 1. The highest BCUT2D eigenvalue weighted by atomic mass is 16.3. The number of rotatable bonds is 2. The third-order valence-electron chi connectivity index (χ3n) is 5.77. The van der Waals surface area contributed by atoms with E-state index in [1.165, 1.54) is 0 Å². The molecule has 2 N–H and O–H groups in total. The Morgan fingerprint density at radius 2 is 2.10 bits per heavy atom. The molecule has 0 amide bonds. The number of phenols is 1. The van der Waals surface area contributed by atoms with Crippen molar-refractivity contribution in [2.24, 2.45) is 16.3 Å². The normalized spacial score (nSPS) is 35.0. The van der Waals surface area contributed by atoms with Crippen LogP contribution in [0, 0.1) is 18.3 Å². The number of aryl methyl sites for hydroxylation is 1. The lowest BCUT2D eigenvalue weighted by molar-refractivity contribution is 0.0692. The predicted octanol–water partition coefficient (Wildman–Crippen LogP) is 3.06. The third kappa shape index (κ3) is 1.65. The molecular formula is C17H23NO2. The number of aliphatic hydroxyl groups is 1. The lowest BCUT2D eigenvalue weighted by Crippen LogP contribution is -2.44. The van der Waals surface area contributed by atoms with Gasteiger partial charge in [0, 0.05) is 11.8 Å². The zero-order valence-electron chi connectivity index (χ0n) is 12.4. The zero-order chi connectivity index (χ0) is 14.5. The Hall–Kier alpha value is -1.35. The fourth-order valence-electron chi connectivity index (χ4n) is 4.19. The molecule has 0 heterocycles. The van der Waals surface area contributed by atoms with Crippen LogP contribution in [0.5, 0.6) is 5.75 Å². The molecule has 2 aliphatic carbocycles. The van der Waals surface area contributed by atoms with Gasteiger partial charge in [-0.1, -0.05) is 26.0 Å². The van der Waals surface area contributed by atoms with Crippen molar-refractivity contribution < 1.29 is 10.2 Å². The predicted molar refractivity (Wildman–Crippen MR) is 80.3 cm³/mol. The summed E-state index contributed by atoms with van der Waals surface area (Å²) >= 11 is 0. The molecule has 0 aliphatic heterocycles. The third-order valence-corrected chi connectivity index (χ3v) is 5.77. The highest BCUT2D eigenvalue weighted by molar-refractivity contribution is 5.84. The number of benzene rings is 1. The molecule has 0 radical (unpaired) electrons. The standard InChI is InChI=1S/C17H23NO2/c1-11-5-4-6-12(15(11)20)10-18-17-8-7-13(9-14(17)19)16(17,2)3/h4-6,10,13-14,19-20H,7-9H2,1-3H3. The van der Waals surface area contributed by atoms with Crippen LogP contribution in [0.25, 0.3) is 0 Å². The van der Waals surface area contributed by atoms with E-state index >= 15 is 0 Å². The average molecular weight is 273 g/mol. The van der Waals surface area contributed by atoms with Crippen molar-refractivity contribution in [3.05, 3.63) is 29.3 Å². The van der Waals surface area contributed by atoms with Crippen molar-refractivity contribution in [3.63, 3.8) is 0 Å². The van der Waals surface area contributed by atoms with Crippen LogP contribution in [-0.2, 0) is 0 Å². The largest absolute Gasteiger partial charge is 0.507 e. The summed E-state index contributed by atoms with van der Waals surface area (Å²) in [6, 6.07) is 5.66. The first-order valence-electron chi connectivity index (χ1n) is 7.40. The van der Waals surface area contributed by atoms with Gasteiger partial charge in [0.05, 0.1) is 11.6 Å². The second kappa shape index (κ2) is 4.32. The van der Waals surface area contributed by atoms with Gasteiger partial charge in [0.2, 0.25) is 0 Å². The van der Waals surface area contributed by atoms with Gasteiger partial charge in [0.25, 0.3) is 0 Å². The van der Waals surface area contributed by atoms with Crippen molar-refractivity contribution in [2.75, 3.05) is 0 Å². The van der Waals surface area contributed by atoms with Crippen LogP contribution in [0.3, 0.4) is 0 Å². The van der Waals surface area contributed by atoms with Gasteiger partial charge in [-0.25, -0.2) is 0 Å². The SMILES string of the molecule is Cc1cccc(C=NC23CCC(CC2O)C3(C)C)c1O. The quantitative estimate of drug-likeness (QED) is 0.814. The first-order valence-corrected chi connectivity index (χ1v) is 7.40. The van der Waals surface area contributed by atoms with Gasteiger partial charge >= 0.3 is 0 Å². The Morgan fingerprint density at radius 1 is 1.35 bits per heavy atom. The number of fused-ring (bicyclic) bond motifs is 2. The molecule has 1 aromatic carbocycles. The Kier molecular flexibility index (Phi) is 2.94. The number of hydrogen-bond donors (Lipinski definition) is 2. The molecule has 2 saturated carbocycles. The molecule has 20 heavy (non-hydrogen) atoms. The first kappa shape index (κ1) is 13.6. The summed E-state index contributed by atoms with van der Waals surface area (Å²) < 4.78 is 0.